The highest BCUT2D eigenvalue weighted by Gasteiger charge is 2.46. The highest BCUT2D eigenvalue weighted by Crippen LogP contribution is 2.35. The summed E-state index contributed by atoms with van der Waals surface area (Å²) < 4.78 is 0. The van der Waals surface area contributed by atoms with Crippen molar-refractivity contribution in [3.8, 4) is 0 Å². The van der Waals surface area contributed by atoms with E-state index < -0.39 is 17.3 Å². The summed E-state index contributed by atoms with van der Waals surface area (Å²) in [6.45, 7) is 1.81. The van der Waals surface area contributed by atoms with Gasteiger partial charge in [-0.25, -0.2) is 0 Å². The Labute approximate surface area is 146 Å². The lowest BCUT2D eigenvalue weighted by Gasteiger charge is -2.25. The van der Waals surface area contributed by atoms with Crippen LogP contribution < -0.4 is 10.6 Å². The van der Waals surface area contributed by atoms with Gasteiger partial charge < -0.3 is 15.7 Å². The molecule has 0 bridgehead atoms. The SMILES string of the molecule is CC(NC(=O)C1(C(=O)O)CC=CC1)c1ccc(NC(=O)C2CC2)cc1. The van der Waals surface area contributed by atoms with Crippen LogP contribution in [0.25, 0.3) is 0 Å². The molecule has 132 valence electrons. The molecule has 0 aliphatic heterocycles. The molecule has 2 amide bonds. The summed E-state index contributed by atoms with van der Waals surface area (Å²) in [5, 5.41) is 15.1. The molecule has 0 aromatic heterocycles. The van der Waals surface area contributed by atoms with Crippen molar-refractivity contribution in [2.45, 2.75) is 38.6 Å². The zero-order valence-electron chi connectivity index (χ0n) is 14.1. The van der Waals surface area contributed by atoms with E-state index in [0.29, 0.717) is 0 Å². The maximum atomic E-state index is 12.5. The molecule has 6 heteroatoms. The Kier molecular flexibility index (Phi) is 4.61. The number of aliphatic carboxylic acids is 1. The maximum Gasteiger partial charge on any atom is 0.319 e. The molecule has 2 aliphatic carbocycles. The fraction of sp³-hybridized carbons (Fsp3) is 0.421. The molecule has 1 unspecified atom stereocenters. The number of allylic oxidation sites excluding steroid dienone is 2. The number of hydrogen-bond donors (Lipinski definition) is 3. The summed E-state index contributed by atoms with van der Waals surface area (Å²) >= 11 is 0. The van der Waals surface area contributed by atoms with Crippen LogP contribution in [0.1, 0.15) is 44.2 Å². The molecule has 1 fully saturated rings. The van der Waals surface area contributed by atoms with Crippen LogP contribution in [-0.2, 0) is 14.4 Å². The smallest absolute Gasteiger partial charge is 0.319 e. The third-order valence-corrected chi connectivity index (χ3v) is 4.92. The fourth-order valence-corrected chi connectivity index (χ4v) is 2.97. The van der Waals surface area contributed by atoms with Gasteiger partial charge in [-0.05, 0) is 50.3 Å². The van der Waals surface area contributed by atoms with Gasteiger partial charge in [-0.3, -0.25) is 14.4 Å². The minimum atomic E-state index is -1.40. The molecule has 25 heavy (non-hydrogen) atoms. The van der Waals surface area contributed by atoms with Gasteiger partial charge in [0.1, 0.15) is 0 Å². The largest absolute Gasteiger partial charge is 0.480 e. The van der Waals surface area contributed by atoms with Crippen LogP contribution in [0.15, 0.2) is 36.4 Å². The number of carbonyl (C=O) groups is 3. The van der Waals surface area contributed by atoms with Crippen molar-refractivity contribution in [2.24, 2.45) is 11.3 Å². The number of benzene rings is 1. The Morgan fingerprint density at radius 1 is 1.12 bits per heavy atom. The van der Waals surface area contributed by atoms with E-state index in [1.165, 1.54) is 0 Å². The second-order valence-electron chi connectivity index (χ2n) is 6.85. The number of nitrogens with one attached hydrogen (secondary N) is 2. The van der Waals surface area contributed by atoms with Crippen LogP contribution in [0.4, 0.5) is 5.69 Å². The van der Waals surface area contributed by atoms with E-state index in [-0.39, 0.29) is 30.7 Å². The molecule has 0 saturated heterocycles. The molecule has 1 atom stereocenters. The van der Waals surface area contributed by atoms with Crippen LogP contribution in [0, 0.1) is 11.3 Å². The first-order valence-electron chi connectivity index (χ1n) is 8.52. The van der Waals surface area contributed by atoms with Crippen molar-refractivity contribution in [1.82, 2.24) is 5.32 Å². The van der Waals surface area contributed by atoms with Gasteiger partial charge in [-0.2, -0.15) is 0 Å². The van der Waals surface area contributed by atoms with Crippen molar-refractivity contribution in [3.63, 3.8) is 0 Å². The number of amides is 2. The minimum absolute atomic E-state index is 0.0474. The molecule has 1 saturated carbocycles. The maximum absolute atomic E-state index is 12.5. The number of hydrogen-bond acceptors (Lipinski definition) is 3. The molecule has 0 spiro atoms. The standard InChI is InChI=1S/C19H22N2O4/c1-12(20-17(23)19(18(24)25)10-2-3-11-19)13-6-8-15(9-7-13)21-16(22)14-4-5-14/h2-3,6-9,12,14H,4-5,10-11H2,1H3,(H,20,23)(H,21,22)(H,24,25). The average Bonchev–Trinajstić information content (AvgIpc) is 3.31. The van der Waals surface area contributed by atoms with Gasteiger partial charge in [-0.1, -0.05) is 24.3 Å². The van der Waals surface area contributed by atoms with Crippen molar-refractivity contribution < 1.29 is 19.5 Å². The first kappa shape index (κ1) is 17.2. The lowest BCUT2D eigenvalue weighted by atomic mass is 9.84. The second-order valence-corrected chi connectivity index (χ2v) is 6.85. The monoisotopic (exact) mass is 342 g/mol. The zero-order valence-corrected chi connectivity index (χ0v) is 14.1. The van der Waals surface area contributed by atoms with E-state index in [2.05, 4.69) is 10.6 Å². The summed E-state index contributed by atoms with van der Waals surface area (Å²) in [6, 6.07) is 6.92. The van der Waals surface area contributed by atoms with E-state index in [1.54, 1.807) is 24.3 Å². The molecule has 3 N–H and O–H groups in total. The number of anilines is 1. The van der Waals surface area contributed by atoms with Crippen LogP contribution in [0.3, 0.4) is 0 Å². The number of rotatable bonds is 6. The van der Waals surface area contributed by atoms with Crippen molar-refractivity contribution >= 4 is 23.5 Å². The Bertz CT molecular complexity index is 711. The average molecular weight is 342 g/mol. The van der Waals surface area contributed by atoms with Gasteiger partial charge >= 0.3 is 5.97 Å². The molecular weight excluding hydrogens is 320 g/mol. The summed E-state index contributed by atoms with van der Waals surface area (Å²) in [6.07, 6.45) is 5.80. The van der Waals surface area contributed by atoms with Gasteiger partial charge in [0.15, 0.2) is 5.41 Å². The van der Waals surface area contributed by atoms with Crippen LogP contribution in [-0.4, -0.2) is 22.9 Å². The van der Waals surface area contributed by atoms with E-state index in [1.807, 2.05) is 19.1 Å². The van der Waals surface area contributed by atoms with Crippen LogP contribution in [0.2, 0.25) is 0 Å². The van der Waals surface area contributed by atoms with Crippen molar-refractivity contribution in [3.05, 3.63) is 42.0 Å². The van der Waals surface area contributed by atoms with Gasteiger partial charge in [-0.15, -0.1) is 0 Å². The normalized spacial score (nSPS) is 19.2. The third kappa shape index (κ3) is 3.57. The second kappa shape index (κ2) is 6.70. The number of carboxylic acids is 1. The van der Waals surface area contributed by atoms with Crippen molar-refractivity contribution in [2.75, 3.05) is 5.32 Å². The predicted octanol–water partition coefficient (Wildman–Crippen LogP) is 2.63. The Morgan fingerprint density at radius 2 is 1.72 bits per heavy atom. The molecule has 0 radical (unpaired) electrons. The van der Waals surface area contributed by atoms with Gasteiger partial charge in [0, 0.05) is 11.6 Å². The van der Waals surface area contributed by atoms with Gasteiger partial charge in [0.25, 0.3) is 0 Å². The summed E-state index contributed by atoms with van der Waals surface area (Å²) in [7, 11) is 0. The first-order valence-corrected chi connectivity index (χ1v) is 8.52. The molecule has 3 rings (SSSR count). The minimum Gasteiger partial charge on any atom is -0.480 e. The molecule has 1 aromatic rings. The molecule has 0 heterocycles. The molecule has 2 aliphatic rings. The fourth-order valence-electron chi connectivity index (χ4n) is 2.97. The lowest BCUT2D eigenvalue weighted by molar-refractivity contribution is -0.155. The molecule has 1 aromatic carbocycles. The number of carbonyl (C=O) groups excluding carboxylic acids is 2. The summed E-state index contributed by atoms with van der Waals surface area (Å²) in [5.74, 6) is -1.37. The van der Waals surface area contributed by atoms with Crippen molar-refractivity contribution in [1.29, 1.82) is 0 Å². The zero-order chi connectivity index (χ0) is 18.0. The summed E-state index contributed by atoms with van der Waals surface area (Å²) in [4.78, 5) is 35.8. The molecular formula is C19H22N2O4. The Balaban J connectivity index is 1.62. The van der Waals surface area contributed by atoms with Crippen LogP contribution >= 0.6 is 0 Å². The quantitative estimate of drug-likeness (QED) is 0.547. The highest BCUT2D eigenvalue weighted by molar-refractivity contribution is 6.03. The predicted molar refractivity (Wildman–Crippen MR) is 92.8 cm³/mol. The van der Waals surface area contributed by atoms with E-state index in [4.69, 9.17) is 0 Å². The number of carboxylic acid groups (broad SMARTS) is 1. The Hall–Kier alpha value is -2.63. The lowest BCUT2D eigenvalue weighted by Crippen LogP contribution is -2.45. The van der Waals surface area contributed by atoms with E-state index in [0.717, 1.165) is 24.1 Å². The van der Waals surface area contributed by atoms with Gasteiger partial charge in [0.2, 0.25) is 11.8 Å². The molecule has 6 nitrogen and oxygen atoms in total. The van der Waals surface area contributed by atoms with Gasteiger partial charge in [0.05, 0.1) is 6.04 Å². The third-order valence-electron chi connectivity index (χ3n) is 4.92. The Morgan fingerprint density at radius 3 is 2.24 bits per heavy atom. The van der Waals surface area contributed by atoms with E-state index >= 15 is 0 Å². The van der Waals surface area contributed by atoms with E-state index in [9.17, 15) is 19.5 Å². The highest BCUT2D eigenvalue weighted by atomic mass is 16.4. The topological polar surface area (TPSA) is 95.5 Å². The first-order chi connectivity index (χ1) is 11.9. The van der Waals surface area contributed by atoms with Crippen LogP contribution in [0.5, 0.6) is 0 Å². The summed E-state index contributed by atoms with van der Waals surface area (Å²) in [5.41, 5.74) is 0.178.